The molecule has 0 radical (unpaired) electrons. The highest BCUT2D eigenvalue weighted by Crippen LogP contribution is 2.65. The molecule has 0 saturated heterocycles. The van der Waals surface area contributed by atoms with Gasteiger partial charge in [0, 0.05) is 18.0 Å². The summed E-state index contributed by atoms with van der Waals surface area (Å²) in [7, 11) is 0. The number of rotatable bonds is 3. The van der Waals surface area contributed by atoms with E-state index in [0.29, 0.717) is 12.5 Å². The Morgan fingerprint density at radius 1 is 1.33 bits per heavy atom. The van der Waals surface area contributed by atoms with E-state index in [1.807, 2.05) is 0 Å². The topological polar surface area (TPSA) is 52.5 Å². The Bertz CT molecular complexity index is 254. The van der Waals surface area contributed by atoms with Crippen LogP contribution in [0.25, 0.3) is 0 Å². The van der Waals surface area contributed by atoms with E-state index in [2.05, 4.69) is 26.1 Å². The van der Waals surface area contributed by atoms with Crippen molar-refractivity contribution in [2.45, 2.75) is 45.8 Å². The number of hydrogen-bond donors (Lipinski definition) is 3. The lowest BCUT2D eigenvalue weighted by Gasteiger charge is -2.37. The van der Waals surface area contributed by atoms with Crippen LogP contribution < -0.4 is 5.32 Å². The van der Waals surface area contributed by atoms with Gasteiger partial charge in [0.25, 0.3) is 0 Å². The van der Waals surface area contributed by atoms with Crippen molar-refractivity contribution >= 4 is 0 Å². The van der Waals surface area contributed by atoms with Gasteiger partial charge < -0.3 is 15.5 Å². The Morgan fingerprint density at radius 2 is 2.00 bits per heavy atom. The molecule has 2 fully saturated rings. The molecule has 0 aromatic carbocycles. The quantitative estimate of drug-likeness (QED) is 0.648. The monoisotopic (exact) mass is 213 g/mol. The van der Waals surface area contributed by atoms with E-state index >= 15 is 0 Å². The first-order chi connectivity index (χ1) is 6.95. The van der Waals surface area contributed by atoms with Gasteiger partial charge in [0.15, 0.2) is 0 Å². The fourth-order valence-electron chi connectivity index (χ4n) is 3.82. The van der Waals surface area contributed by atoms with Crippen LogP contribution in [0.1, 0.15) is 33.6 Å². The molecule has 2 bridgehead atoms. The second-order valence-corrected chi connectivity index (χ2v) is 5.93. The molecule has 0 aromatic rings. The number of aliphatic hydroxyl groups is 2. The van der Waals surface area contributed by atoms with Gasteiger partial charge >= 0.3 is 0 Å². The molecule has 0 unspecified atom stereocenters. The van der Waals surface area contributed by atoms with Gasteiger partial charge in [-0.05, 0) is 24.2 Å². The third-order valence-corrected chi connectivity index (χ3v) is 5.29. The minimum absolute atomic E-state index is 0.0464. The summed E-state index contributed by atoms with van der Waals surface area (Å²) in [5, 5.41) is 22.5. The summed E-state index contributed by atoms with van der Waals surface area (Å²) < 4.78 is 0. The smallest absolute Gasteiger partial charge is 0.0754 e. The average Bonchev–Trinajstić information content (AvgIpc) is 2.48. The Hall–Kier alpha value is -0.120. The van der Waals surface area contributed by atoms with Crippen LogP contribution in [-0.4, -0.2) is 35.5 Å². The van der Waals surface area contributed by atoms with Crippen molar-refractivity contribution in [3.63, 3.8) is 0 Å². The van der Waals surface area contributed by atoms with Crippen LogP contribution in [0.5, 0.6) is 0 Å². The Morgan fingerprint density at radius 3 is 2.47 bits per heavy atom. The first-order valence-corrected chi connectivity index (χ1v) is 5.97. The maximum atomic E-state index is 10.4. The van der Waals surface area contributed by atoms with Crippen LogP contribution >= 0.6 is 0 Å². The lowest BCUT2D eigenvalue weighted by molar-refractivity contribution is -0.000375. The summed E-state index contributed by atoms with van der Waals surface area (Å²) in [4.78, 5) is 0. The lowest BCUT2D eigenvalue weighted by Crippen LogP contribution is -2.47. The summed E-state index contributed by atoms with van der Waals surface area (Å²) in [5.74, 6) is 0.545. The van der Waals surface area contributed by atoms with Gasteiger partial charge in [-0.25, -0.2) is 0 Å². The molecule has 3 N–H and O–H groups in total. The molecule has 88 valence electrons. The maximum absolute atomic E-state index is 10.4. The molecule has 0 spiro atoms. The van der Waals surface area contributed by atoms with Crippen molar-refractivity contribution in [1.82, 2.24) is 5.32 Å². The zero-order chi connectivity index (χ0) is 11.3. The molecule has 3 heteroatoms. The van der Waals surface area contributed by atoms with Crippen molar-refractivity contribution in [1.29, 1.82) is 0 Å². The maximum Gasteiger partial charge on any atom is 0.0754 e. The fourth-order valence-corrected chi connectivity index (χ4v) is 3.82. The number of aliphatic hydroxyl groups excluding tert-OH is 2. The Balaban J connectivity index is 2.18. The highest BCUT2D eigenvalue weighted by Gasteiger charge is 2.65. The van der Waals surface area contributed by atoms with Crippen LogP contribution in [0, 0.1) is 16.7 Å². The first kappa shape index (κ1) is 11.4. The molecule has 4 atom stereocenters. The highest BCUT2D eigenvalue weighted by atomic mass is 16.3. The van der Waals surface area contributed by atoms with Gasteiger partial charge in [-0.3, -0.25) is 0 Å². The lowest BCUT2D eigenvalue weighted by atomic mass is 9.70. The molecule has 3 nitrogen and oxygen atoms in total. The molecule has 2 rings (SSSR count). The Kier molecular flexibility index (Phi) is 2.61. The molecule has 2 aliphatic carbocycles. The summed E-state index contributed by atoms with van der Waals surface area (Å²) in [6.45, 7) is 7.48. The van der Waals surface area contributed by atoms with Gasteiger partial charge in [-0.1, -0.05) is 20.8 Å². The zero-order valence-electron chi connectivity index (χ0n) is 9.95. The summed E-state index contributed by atoms with van der Waals surface area (Å²) in [6.07, 6.45) is 2.06. The standard InChI is InChI=1S/C12H23NO2/c1-11(2)8-4-5-12(11,3)10(15)9(8)13-6-7-14/h8-10,13-15H,4-7H2,1-3H3/t8-,9+,10-,12-/m0/s1. The van der Waals surface area contributed by atoms with E-state index < -0.39 is 0 Å². The summed E-state index contributed by atoms with van der Waals surface area (Å²) in [6, 6.07) is 0.172. The van der Waals surface area contributed by atoms with Crippen LogP contribution in [0.2, 0.25) is 0 Å². The molecule has 2 saturated carbocycles. The average molecular weight is 213 g/mol. The number of fused-ring (bicyclic) bond motifs is 2. The van der Waals surface area contributed by atoms with E-state index in [4.69, 9.17) is 5.11 Å². The van der Waals surface area contributed by atoms with Gasteiger partial charge in [0.05, 0.1) is 12.7 Å². The molecule has 15 heavy (non-hydrogen) atoms. The normalized spacial score (nSPS) is 47.4. The van der Waals surface area contributed by atoms with Crippen molar-refractivity contribution in [2.24, 2.45) is 16.7 Å². The second-order valence-electron chi connectivity index (χ2n) is 5.93. The van der Waals surface area contributed by atoms with E-state index in [9.17, 15) is 5.11 Å². The van der Waals surface area contributed by atoms with Crippen LogP contribution in [-0.2, 0) is 0 Å². The van der Waals surface area contributed by atoms with Gasteiger partial charge in [-0.15, -0.1) is 0 Å². The second kappa shape index (κ2) is 3.44. The van der Waals surface area contributed by atoms with E-state index in [1.54, 1.807) is 0 Å². The minimum Gasteiger partial charge on any atom is -0.395 e. The van der Waals surface area contributed by atoms with E-state index in [1.165, 1.54) is 6.42 Å². The third-order valence-electron chi connectivity index (χ3n) is 5.29. The Labute approximate surface area is 91.9 Å². The molecule has 0 amide bonds. The summed E-state index contributed by atoms with van der Waals surface area (Å²) >= 11 is 0. The predicted octanol–water partition coefficient (Wildman–Crippen LogP) is 0.754. The highest BCUT2D eigenvalue weighted by molar-refractivity contribution is 5.16. The summed E-state index contributed by atoms with van der Waals surface area (Å²) in [5.41, 5.74) is 0.254. The van der Waals surface area contributed by atoms with Crippen LogP contribution in [0.4, 0.5) is 0 Å². The first-order valence-electron chi connectivity index (χ1n) is 5.97. The van der Waals surface area contributed by atoms with Crippen LogP contribution in [0.15, 0.2) is 0 Å². The molecule has 0 aliphatic heterocycles. The number of hydrogen-bond acceptors (Lipinski definition) is 3. The third kappa shape index (κ3) is 1.30. The molecule has 2 aliphatic rings. The largest absolute Gasteiger partial charge is 0.395 e. The SMILES string of the molecule is CC1(C)[C@H]2CC[C@@]1(C)[C@@H](O)[C@@H]2NCCO. The predicted molar refractivity (Wildman–Crippen MR) is 59.5 cm³/mol. The minimum atomic E-state index is -0.266. The number of nitrogens with one attached hydrogen (secondary N) is 1. The molecular weight excluding hydrogens is 190 g/mol. The zero-order valence-corrected chi connectivity index (χ0v) is 9.95. The molecular formula is C12H23NO2. The fraction of sp³-hybridized carbons (Fsp3) is 1.00. The molecule has 0 heterocycles. The van der Waals surface area contributed by atoms with Crippen molar-refractivity contribution in [3.05, 3.63) is 0 Å². The van der Waals surface area contributed by atoms with Crippen LogP contribution in [0.3, 0.4) is 0 Å². The van der Waals surface area contributed by atoms with E-state index in [0.717, 1.165) is 6.42 Å². The van der Waals surface area contributed by atoms with Crippen molar-refractivity contribution < 1.29 is 10.2 Å². The molecule has 0 aromatic heterocycles. The van der Waals surface area contributed by atoms with Gasteiger partial charge in [0.2, 0.25) is 0 Å². The van der Waals surface area contributed by atoms with Crippen molar-refractivity contribution in [3.8, 4) is 0 Å². The van der Waals surface area contributed by atoms with Crippen molar-refractivity contribution in [2.75, 3.05) is 13.2 Å². The van der Waals surface area contributed by atoms with Gasteiger partial charge in [0.1, 0.15) is 0 Å². The van der Waals surface area contributed by atoms with E-state index in [-0.39, 0.29) is 29.6 Å². The van der Waals surface area contributed by atoms with Gasteiger partial charge in [-0.2, -0.15) is 0 Å².